The van der Waals surface area contributed by atoms with Gasteiger partial charge in [-0.3, -0.25) is 10.1 Å². The van der Waals surface area contributed by atoms with E-state index in [0.717, 1.165) is 29.7 Å². The van der Waals surface area contributed by atoms with E-state index in [9.17, 15) is 9.59 Å². The smallest absolute Gasteiger partial charge is 0.324 e. The highest BCUT2D eigenvalue weighted by atomic mass is 35.5. The topological polar surface area (TPSA) is 84.2 Å². The number of thiophene rings is 1. The first-order chi connectivity index (χ1) is 11.4. The predicted octanol–water partition coefficient (Wildman–Crippen LogP) is 4.27. The van der Waals surface area contributed by atoms with Crippen molar-refractivity contribution in [3.8, 4) is 0 Å². The Morgan fingerprint density at radius 3 is 2.62 bits per heavy atom. The molecule has 0 fully saturated rings. The molecule has 1 aliphatic carbocycles. The van der Waals surface area contributed by atoms with Crippen molar-refractivity contribution in [3.05, 3.63) is 45.3 Å². The van der Waals surface area contributed by atoms with E-state index >= 15 is 0 Å². The number of nitrogens with two attached hydrogens (primary N) is 1. The van der Waals surface area contributed by atoms with Crippen LogP contribution in [0.4, 0.5) is 15.5 Å². The maximum atomic E-state index is 12.2. The van der Waals surface area contributed by atoms with Gasteiger partial charge in [-0.2, -0.15) is 0 Å². The molecule has 0 spiro atoms. The van der Waals surface area contributed by atoms with Gasteiger partial charge in [0.05, 0.1) is 5.56 Å². The van der Waals surface area contributed by atoms with Gasteiger partial charge in [0.1, 0.15) is 5.00 Å². The Kier molecular flexibility index (Phi) is 4.78. The van der Waals surface area contributed by atoms with Crippen LogP contribution in [0.3, 0.4) is 0 Å². The van der Waals surface area contributed by atoms with Crippen molar-refractivity contribution in [2.45, 2.75) is 26.2 Å². The summed E-state index contributed by atoms with van der Waals surface area (Å²) in [6, 6.07) is 6.39. The van der Waals surface area contributed by atoms with Crippen molar-refractivity contribution in [1.29, 1.82) is 0 Å². The monoisotopic (exact) mass is 363 g/mol. The summed E-state index contributed by atoms with van der Waals surface area (Å²) in [4.78, 5) is 25.2. The van der Waals surface area contributed by atoms with Crippen LogP contribution in [0.15, 0.2) is 24.3 Å². The maximum Gasteiger partial charge on any atom is 0.324 e. The number of hydrogen-bond acceptors (Lipinski definition) is 3. The zero-order chi connectivity index (χ0) is 17.3. The van der Waals surface area contributed by atoms with Crippen LogP contribution in [-0.4, -0.2) is 11.9 Å². The molecule has 3 rings (SSSR count). The molecule has 4 N–H and O–H groups in total. The largest absolute Gasteiger partial charge is 0.365 e. The molecule has 1 heterocycles. The number of benzene rings is 1. The lowest BCUT2D eigenvalue weighted by molar-refractivity contribution is 0.100. The summed E-state index contributed by atoms with van der Waals surface area (Å²) >= 11 is 7.27. The molecule has 0 unspecified atom stereocenters. The molecule has 24 heavy (non-hydrogen) atoms. The average molecular weight is 364 g/mol. The van der Waals surface area contributed by atoms with Crippen molar-refractivity contribution in [2.75, 3.05) is 10.6 Å². The van der Waals surface area contributed by atoms with Crippen LogP contribution >= 0.6 is 22.9 Å². The molecule has 0 aliphatic heterocycles. The third-order valence-corrected chi connectivity index (χ3v) is 5.51. The molecule has 0 radical (unpaired) electrons. The van der Waals surface area contributed by atoms with Gasteiger partial charge in [-0.25, -0.2) is 4.79 Å². The van der Waals surface area contributed by atoms with E-state index in [0.29, 0.717) is 27.2 Å². The van der Waals surface area contributed by atoms with Crippen LogP contribution in [0.2, 0.25) is 5.02 Å². The van der Waals surface area contributed by atoms with Crippen molar-refractivity contribution in [1.82, 2.24) is 0 Å². The molecule has 0 bridgehead atoms. The first-order valence-electron chi connectivity index (χ1n) is 7.72. The van der Waals surface area contributed by atoms with Crippen LogP contribution in [0, 0.1) is 5.92 Å². The lowest BCUT2D eigenvalue weighted by atomic mass is 9.88. The minimum absolute atomic E-state index is 0.411. The second-order valence-electron chi connectivity index (χ2n) is 6.01. The fraction of sp³-hybridized carbons (Fsp3) is 0.294. The number of hydrogen-bond donors (Lipinski definition) is 3. The summed E-state index contributed by atoms with van der Waals surface area (Å²) in [5.41, 5.74) is 7.61. The molecule has 1 aliphatic rings. The fourth-order valence-electron chi connectivity index (χ4n) is 2.90. The molecule has 0 saturated heterocycles. The van der Waals surface area contributed by atoms with E-state index < -0.39 is 11.9 Å². The molecular weight excluding hydrogens is 346 g/mol. The Hall–Kier alpha value is -2.05. The number of fused-ring (bicyclic) bond motifs is 1. The van der Waals surface area contributed by atoms with Gasteiger partial charge in [-0.15, -0.1) is 11.3 Å². The molecule has 0 saturated carbocycles. The van der Waals surface area contributed by atoms with Crippen molar-refractivity contribution >= 4 is 45.6 Å². The number of nitrogens with one attached hydrogen (secondary N) is 2. The van der Waals surface area contributed by atoms with E-state index in [2.05, 4.69) is 17.6 Å². The Bertz CT molecular complexity index is 786. The maximum absolute atomic E-state index is 12.2. The highest BCUT2D eigenvalue weighted by Gasteiger charge is 2.27. The molecule has 2 aromatic rings. The number of carbonyl (C=O) groups is 2. The van der Waals surface area contributed by atoms with Gasteiger partial charge < -0.3 is 11.1 Å². The minimum atomic E-state index is -0.496. The second-order valence-corrected chi connectivity index (χ2v) is 7.55. The van der Waals surface area contributed by atoms with Gasteiger partial charge in [0.2, 0.25) is 0 Å². The minimum Gasteiger partial charge on any atom is -0.365 e. The third kappa shape index (κ3) is 3.55. The lowest BCUT2D eigenvalue weighted by Crippen LogP contribution is -2.22. The highest BCUT2D eigenvalue weighted by Crippen LogP contribution is 2.39. The summed E-state index contributed by atoms with van der Waals surface area (Å²) in [6.07, 6.45) is 2.77. The third-order valence-electron chi connectivity index (χ3n) is 4.09. The molecule has 5 nitrogen and oxygen atoms in total. The number of rotatable bonds is 3. The molecular formula is C17H18ClN3O2S. The predicted molar refractivity (Wildman–Crippen MR) is 98.1 cm³/mol. The van der Waals surface area contributed by atoms with Gasteiger partial charge >= 0.3 is 6.03 Å². The first-order valence-corrected chi connectivity index (χ1v) is 8.91. The SMILES string of the molecule is C[C@H]1CCc2c(sc(NC(=O)Nc3ccc(Cl)cc3)c2C(N)=O)C1. The van der Waals surface area contributed by atoms with Crippen LogP contribution in [-0.2, 0) is 12.8 Å². The molecule has 7 heteroatoms. The quantitative estimate of drug-likeness (QED) is 0.760. The van der Waals surface area contributed by atoms with Gasteiger partial charge in [0.25, 0.3) is 5.91 Å². The molecule has 1 aromatic heterocycles. The zero-order valence-electron chi connectivity index (χ0n) is 13.2. The van der Waals surface area contributed by atoms with Crippen LogP contribution in [0.25, 0.3) is 0 Å². The average Bonchev–Trinajstić information content (AvgIpc) is 2.86. The number of anilines is 2. The van der Waals surface area contributed by atoms with E-state index in [1.165, 1.54) is 11.3 Å². The molecule has 1 aromatic carbocycles. The van der Waals surface area contributed by atoms with Crippen LogP contribution in [0.1, 0.15) is 34.1 Å². The standard InChI is InChI=1S/C17H18ClN3O2S/c1-9-2-7-12-13(8-9)24-16(14(12)15(19)22)21-17(23)20-11-5-3-10(18)4-6-11/h3-6,9H,2,7-8H2,1H3,(H2,19,22)(H2,20,21,23)/t9-/m0/s1. The zero-order valence-corrected chi connectivity index (χ0v) is 14.8. The summed E-state index contributed by atoms with van der Waals surface area (Å²) in [5, 5.41) is 6.60. The lowest BCUT2D eigenvalue weighted by Gasteiger charge is -2.18. The Balaban J connectivity index is 1.80. The van der Waals surface area contributed by atoms with Crippen molar-refractivity contribution in [3.63, 3.8) is 0 Å². The Morgan fingerprint density at radius 1 is 1.25 bits per heavy atom. The summed E-state index contributed by atoms with van der Waals surface area (Å²) < 4.78 is 0. The Labute approximate surface area is 149 Å². The number of urea groups is 1. The van der Waals surface area contributed by atoms with Crippen LogP contribution in [0.5, 0.6) is 0 Å². The second kappa shape index (κ2) is 6.83. The molecule has 3 amide bonds. The van der Waals surface area contributed by atoms with Crippen LogP contribution < -0.4 is 16.4 Å². The summed E-state index contributed by atoms with van der Waals surface area (Å²) in [5.74, 6) is 0.0801. The number of primary amides is 1. The van der Waals surface area contributed by atoms with Crippen molar-refractivity contribution in [2.24, 2.45) is 11.7 Å². The van der Waals surface area contributed by atoms with Crippen molar-refractivity contribution < 1.29 is 9.59 Å². The normalized spacial score (nSPS) is 16.3. The Morgan fingerprint density at radius 2 is 1.96 bits per heavy atom. The van der Waals surface area contributed by atoms with E-state index in [1.54, 1.807) is 24.3 Å². The van der Waals surface area contributed by atoms with Gasteiger partial charge in [0.15, 0.2) is 0 Å². The van der Waals surface area contributed by atoms with E-state index in [1.807, 2.05) is 0 Å². The van der Waals surface area contributed by atoms with E-state index in [-0.39, 0.29) is 0 Å². The van der Waals surface area contributed by atoms with Gasteiger partial charge in [0, 0.05) is 15.6 Å². The summed E-state index contributed by atoms with van der Waals surface area (Å²) in [7, 11) is 0. The molecule has 126 valence electrons. The van der Waals surface area contributed by atoms with Gasteiger partial charge in [-0.05, 0) is 55.0 Å². The first kappa shape index (κ1) is 16.8. The summed E-state index contributed by atoms with van der Waals surface area (Å²) in [6.45, 7) is 2.19. The fourth-order valence-corrected chi connectivity index (χ4v) is 4.44. The molecule has 1 atom stereocenters. The highest BCUT2D eigenvalue weighted by molar-refractivity contribution is 7.17. The number of carbonyl (C=O) groups excluding carboxylic acids is 2. The number of halogens is 1. The van der Waals surface area contributed by atoms with Gasteiger partial charge in [-0.1, -0.05) is 18.5 Å². The van der Waals surface area contributed by atoms with E-state index in [4.69, 9.17) is 17.3 Å². The number of amides is 3.